The van der Waals surface area contributed by atoms with Crippen LogP contribution in [0.25, 0.3) is 0 Å². The van der Waals surface area contributed by atoms with E-state index in [-0.39, 0.29) is 23.3 Å². The van der Waals surface area contributed by atoms with Crippen LogP contribution in [-0.2, 0) is 24.4 Å². The number of aromatic nitrogens is 1. The lowest BCUT2D eigenvalue weighted by Crippen LogP contribution is -2.50. The van der Waals surface area contributed by atoms with Crippen molar-refractivity contribution in [3.05, 3.63) is 24.5 Å². The van der Waals surface area contributed by atoms with E-state index in [1.807, 2.05) is 0 Å². The molecule has 0 aliphatic carbocycles. The van der Waals surface area contributed by atoms with Crippen LogP contribution in [0.2, 0.25) is 0 Å². The van der Waals surface area contributed by atoms with Gasteiger partial charge in [0, 0.05) is 24.9 Å². The number of nitrogens with one attached hydrogen (secondary N) is 5. The number of hydrogen-bond acceptors (Lipinski definition) is 8. The van der Waals surface area contributed by atoms with Gasteiger partial charge in [-0.1, -0.05) is 0 Å². The molecule has 0 saturated carbocycles. The zero-order valence-corrected chi connectivity index (χ0v) is 23.2. The number of sulfonamides is 1. The first kappa shape index (κ1) is 30.9. The van der Waals surface area contributed by atoms with Crippen molar-refractivity contribution in [2.24, 2.45) is 17.8 Å². The van der Waals surface area contributed by atoms with Crippen molar-refractivity contribution in [2.75, 3.05) is 39.3 Å². The molecule has 1 aromatic heterocycles. The van der Waals surface area contributed by atoms with Gasteiger partial charge < -0.3 is 26.4 Å². The van der Waals surface area contributed by atoms with Gasteiger partial charge in [0.05, 0.1) is 6.54 Å². The molecule has 3 heterocycles. The summed E-state index contributed by atoms with van der Waals surface area (Å²) in [6, 6.07) is 1.12. The van der Waals surface area contributed by atoms with Crippen molar-refractivity contribution in [2.45, 2.75) is 62.3 Å². The maximum Gasteiger partial charge on any atom is 0.323 e. The van der Waals surface area contributed by atoms with Crippen LogP contribution in [0.5, 0.6) is 0 Å². The predicted molar refractivity (Wildman–Crippen MR) is 145 cm³/mol. The third-order valence-electron chi connectivity index (χ3n) is 7.60. The van der Waals surface area contributed by atoms with E-state index in [0.717, 1.165) is 83.7 Å². The highest BCUT2D eigenvalue weighted by Gasteiger charge is 2.27. The minimum atomic E-state index is -4.14. The molecule has 218 valence electrons. The maximum atomic E-state index is 13.1. The SMILES string of the molecule is O=C(CNC(=O)C(CCC1CCNCC1)CCC1CCNCC1)NCC(NS(=O)(=O)c1cccnc1)C(=O)O. The topological polar surface area (TPSA) is 179 Å². The minimum absolute atomic E-state index is 0.167. The highest BCUT2D eigenvalue weighted by molar-refractivity contribution is 7.89. The minimum Gasteiger partial charge on any atom is -0.480 e. The molecule has 1 aromatic rings. The van der Waals surface area contributed by atoms with E-state index >= 15 is 0 Å². The van der Waals surface area contributed by atoms with Crippen molar-refractivity contribution < 1.29 is 27.9 Å². The van der Waals surface area contributed by atoms with E-state index in [1.54, 1.807) is 0 Å². The van der Waals surface area contributed by atoms with E-state index in [4.69, 9.17) is 0 Å². The zero-order valence-electron chi connectivity index (χ0n) is 22.4. The lowest BCUT2D eigenvalue weighted by atomic mass is 9.84. The Hall–Kier alpha value is -2.61. The second-order valence-electron chi connectivity index (χ2n) is 10.5. The average Bonchev–Trinajstić information content (AvgIpc) is 2.95. The van der Waals surface area contributed by atoms with Crippen LogP contribution in [0, 0.1) is 17.8 Å². The molecule has 2 aliphatic rings. The number of hydrogen-bond donors (Lipinski definition) is 6. The first-order chi connectivity index (χ1) is 18.7. The second-order valence-corrected chi connectivity index (χ2v) is 12.2. The summed E-state index contributed by atoms with van der Waals surface area (Å²) in [7, 11) is -4.14. The number of carbonyl (C=O) groups excluding carboxylic acids is 2. The lowest BCUT2D eigenvalue weighted by Gasteiger charge is -2.27. The Morgan fingerprint density at radius 2 is 1.56 bits per heavy atom. The fourth-order valence-electron chi connectivity index (χ4n) is 5.15. The van der Waals surface area contributed by atoms with Crippen LogP contribution in [0.1, 0.15) is 51.4 Å². The molecule has 3 rings (SSSR count). The van der Waals surface area contributed by atoms with Crippen LogP contribution >= 0.6 is 0 Å². The number of pyridine rings is 1. The summed E-state index contributed by atoms with van der Waals surface area (Å²) in [5.41, 5.74) is 0. The Balaban J connectivity index is 1.48. The summed E-state index contributed by atoms with van der Waals surface area (Å²) in [4.78, 5) is 40.7. The van der Waals surface area contributed by atoms with Gasteiger partial charge in [-0.05, 0) is 102 Å². The van der Waals surface area contributed by atoms with Crippen molar-refractivity contribution in [3.8, 4) is 0 Å². The maximum absolute atomic E-state index is 13.1. The largest absolute Gasteiger partial charge is 0.480 e. The predicted octanol–water partition coefficient (Wildman–Crippen LogP) is 0.221. The van der Waals surface area contributed by atoms with Gasteiger partial charge >= 0.3 is 5.97 Å². The van der Waals surface area contributed by atoms with Crippen molar-refractivity contribution in [1.29, 1.82) is 0 Å². The number of aliphatic carboxylic acids is 1. The molecule has 2 saturated heterocycles. The molecular weight excluding hydrogens is 524 g/mol. The number of carbonyl (C=O) groups is 3. The van der Waals surface area contributed by atoms with Gasteiger partial charge in [0.25, 0.3) is 0 Å². The smallest absolute Gasteiger partial charge is 0.323 e. The van der Waals surface area contributed by atoms with Gasteiger partial charge in [0.15, 0.2) is 0 Å². The van der Waals surface area contributed by atoms with Crippen LogP contribution in [0.15, 0.2) is 29.4 Å². The van der Waals surface area contributed by atoms with E-state index in [1.165, 1.54) is 18.3 Å². The molecule has 13 heteroatoms. The summed E-state index contributed by atoms with van der Waals surface area (Å²) in [6.07, 6.45) is 10.5. The lowest BCUT2D eigenvalue weighted by molar-refractivity contribution is -0.139. The quantitative estimate of drug-likeness (QED) is 0.173. The van der Waals surface area contributed by atoms with Gasteiger partial charge in [-0.15, -0.1) is 0 Å². The monoisotopic (exact) mass is 566 g/mol. The van der Waals surface area contributed by atoms with Gasteiger partial charge in [0.2, 0.25) is 21.8 Å². The molecule has 0 bridgehead atoms. The molecule has 6 N–H and O–H groups in total. The first-order valence-corrected chi connectivity index (χ1v) is 15.3. The molecule has 2 amide bonds. The van der Waals surface area contributed by atoms with E-state index in [9.17, 15) is 27.9 Å². The van der Waals surface area contributed by atoms with Crippen LogP contribution in [-0.4, -0.2) is 81.6 Å². The highest BCUT2D eigenvalue weighted by atomic mass is 32.2. The number of carboxylic acids is 1. The summed E-state index contributed by atoms with van der Waals surface area (Å²) in [6.45, 7) is 3.24. The standard InChI is InChI=1S/C26H42N6O6S/c33-24(30-17-23(26(35)36)32-39(37,38)22-2-1-11-29-16-22)18-31-25(34)21(5-3-19-7-12-27-13-8-19)6-4-20-9-14-28-15-10-20/h1-2,11,16,19-21,23,27-28,32H,3-10,12-15,17-18H2,(H,30,33)(H,31,34)(H,35,36). The number of carboxylic acid groups (broad SMARTS) is 1. The fraction of sp³-hybridized carbons (Fsp3) is 0.692. The number of piperidine rings is 2. The van der Waals surface area contributed by atoms with Crippen molar-refractivity contribution in [1.82, 2.24) is 31.0 Å². The summed E-state index contributed by atoms with van der Waals surface area (Å²) in [5.74, 6) is -1.17. The molecule has 39 heavy (non-hydrogen) atoms. The van der Waals surface area contributed by atoms with E-state index in [0.29, 0.717) is 11.8 Å². The molecule has 2 aliphatic heterocycles. The Morgan fingerprint density at radius 3 is 2.08 bits per heavy atom. The first-order valence-electron chi connectivity index (χ1n) is 13.9. The summed E-state index contributed by atoms with van der Waals surface area (Å²) in [5, 5.41) is 21.3. The Bertz CT molecular complexity index is 1010. The molecule has 1 atom stereocenters. The van der Waals surface area contributed by atoms with E-state index < -0.39 is 34.5 Å². The van der Waals surface area contributed by atoms with E-state index in [2.05, 4.69) is 31.0 Å². The van der Waals surface area contributed by atoms with Gasteiger partial charge in [-0.3, -0.25) is 19.4 Å². The second kappa shape index (κ2) is 15.8. The Morgan fingerprint density at radius 1 is 0.974 bits per heavy atom. The number of nitrogens with zero attached hydrogens (tertiary/aromatic N) is 1. The molecule has 1 unspecified atom stereocenters. The van der Waals surface area contributed by atoms with Crippen molar-refractivity contribution in [3.63, 3.8) is 0 Å². The molecule has 0 radical (unpaired) electrons. The molecule has 0 spiro atoms. The summed E-state index contributed by atoms with van der Waals surface area (Å²) < 4.78 is 26.9. The zero-order chi connectivity index (χ0) is 28.1. The van der Waals surface area contributed by atoms with Gasteiger partial charge in [-0.2, -0.15) is 4.72 Å². The third kappa shape index (κ3) is 10.8. The van der Waals surface area contributed by atoms with Crippen LogP contribution in [0.4, 0.5) is 0 Å². The van der Waals surface area contributed by atoms with Gasteiger partial charge in [0.1, 0.15) is 10.9 Å². The molecular formula is C26H42N6O6S. The normalized spacial score (nSPS) is 18.0. The molecule has 2 fully saturated rings. The average molecular weight is 567 g/mol. The third-order valence-corrected chi connectivity index (χ3v) is 9.06. The van der Waals surface area contributed by atoms with Gasteiger partial charge in [-0.25, -0.2) is 8.42 Å². The summed E-state index contributed by atoms with van der Waals surface area (Å²) >= 11 is 0. The number of rotatable bonds is 15. The van der Waals surface area contributed by atoms with Crippen LogP contribution in [0.3, 0.4) is 0 Å². The molecule has 12 nitrogen and oxygen atoms in total. The fourth-order valence-corrected chi connectivity index (χ4v) is 6.30. The number of amides is 2. The highest BCUT2D eigenvalue weighted by Crippen LogP contribution is 2.26. The Kier molecular flexibility index (Phi) is 12.6. The van der Waals surface area contributed by atoms with Crippen LogP contribution < -0.4 is 26.0 Å². The molecule has 0 aromatic carbocycles. The Labute approximate surface area is 230 Å². The van der Waals surface area contributed by atoms with Crippen molar-refractivity contribution >= 4 is 27.8 Å².